The van der Waals surface area contributed by atoms with Gasteiger partial charge < -0.3 is 14.4 Å². The van der Waals surface area contributed by atoms with Crippen molar-refractivity contribution in [1.82, 2.24) is 9.88 Å². The van der Waals surface area contributed by atoms with Crippen LogP contribution < -0.4 is 0 Å². The highest BCUT2D eigenvalue weighted by Gasteiger charge is 2.57. The van der Waals surface area contributed by atoms with E-state index in [0.717, 1.165) is 10.6 Å². The molecule has 1 aromatic carbocycles. The van der Waals surface area contributed by atoms with Crippen molar-refractivity contribution < 1.29 is 19.1 Å². The summed E-state index contributed by atoms with van der Waals surface area (Å²) < 4.78 is 10.4. The maximum Gasteiger partial charge on any atom is 0.316 e. The van der Waals surface area contributed by atoms with Crippen molar-refractivity contribution in [3.63, 3.8) is 0 Å². The Hall–Kier alpha value is -2.25. The monoisotopic (exact) mass is 358 g/mol. The molecule has 1 amide bonds. The highest BCUT2D eigenvalue weighted by Crippen LogP contribution is 2.42. The molecule has 2 aromatic rings. The van der Waals surface area contributed by atoms with Crippen LogP contribution in [0.15, 0.2) is 35.7 Å². The predicted octanol–water partition coefficient (Wildman–Crippen LogP) is 2.07. The van der Waals surface area contributed by atoms with Gasteiger partial charge in [0.15, 0.2) is 0 Å². The van der Waals surface area contributed by atoms with E-state index < -0.39 is 5.41 Å². The molecule has 3 heterocycles. The number of nitrogens with zero attached hydrogens (tertiary/aromatic N) is 2. The van der Waals surface area contributed by atoms with Crippen LogP contribution in [-0.4, -0.2) is 55.2 Å². The summed E-state index contributed by atoms with van der Waals surface area (Å²) in [5.41, 5.74) is 0.678. The molecule has 0 bridgehead atoms. The normalized spacial score (nSPS) is 25.0. The molecule has 0 radical (unpaired) electrons. The summed E-state index contributed by atoms with van der Waals surface area (Å²) in [5.74, 6) is -0.458. The Morgan fingerprint density at radius 3 is 2.92 bits per heavy atom. The lowest BCUT2D eigenvalue weighted by atomic mass is 9.81. The molecule has 0 aliphatic carbocycles. The summed E-state index contributed by atoms with van der Waals surface area (Å²) in [7, 11) is 1.38. The zero-order valence-corrected chi connectivity index (χ0v) is 14.6. The van der Waals surface area contributed by atoms with E-state index in [0.29, 0.717) is 32.0 Å². The second-order valence-electron chi connectivity index (χ2n) is 6.45. The van der Waals surface area contributed by atoms with Crippen molar-refractivity contribution in [1.29, 1.82) is 0 Å². The number of carbonyl (C=O) groups is 2. The van der Waals surface area contributed by atoms with Crippen LogP contribution in [0.2, 0.25) is 0 Å². The summed E-state index contributed by atoms with van der Waals surface area (Å²) in [5, 5.41) is 2.59. The van der Waals surface area contributed by atoms with Crippen LogP contribution in [0.3, 0.4) is 0 Å². The second kappa shape index (κ2) is 6.24. The van der Waals surface area contributed by atoms with Crippen LogP contribution in [0, 0.1) is 11.3 Å². The Morgan fingerprint density at radius 2 is 2.16 bits per heavy atom. The van der Waals surface area contributed by atoms with Crippen LogP contribution >= 0.6 is 11.3 Å². The van der Waals surface area contributed by atoms with Crippen molar-refractivity contribution in [2.75, 3.05) is 33.4 Å². The zero-order valence-electron chi connectivity index (χ0n) is 13.8. The number of fused-ring (bicyclic) bond motifs is 1. The maximum atomic E-state index is 12.9. The summed E-state index contributed by atoms with van der Waals surface area (Å²) in [6.07, 6.45) is 0. The molecule has 25 heavy (non-hydrogen) atoms. The molecule has 2 saturated heterocycles. The lowest BCUT2D eigenvalue weighted by molar-refractivity contribution is -0.153. The molecule has 2 fully saturated rings. The van der Waals surface area contributed by atoms with Gasteiger partial charge in [0.25, 0.3) is 5.91 Å². The van der Waals surface area contributed by atoms with Crippen molar-refractivity contribution in [3.05, 3.63) is 41.4 Å². The van der Waals surface area contributed by atoms with Crippen LogP contribution in [0.4, 0.5) is 0 Å². The van der Waals surface area contributed by atoms with E-state index in [1.165, 1.54) is 18.4 Å². The van der Waals surface area contributed by atoms with Gasteiger partial charge in [-0.1, -0.05) is 30.3 Å². The number of benzene rings is 1. The fourth-order valence-electron chi connectivity index (χ4n) is 3.63. The molecule has 0 N–H and O–H groups in total. The molecule has 0 saturated carbocycles. The highest BCUT2D eigenvalue weighted by molar-refractivity contribution is 7.13. The van der Waals surface area contributed by atoms with Gasteiger partial charge >= 0.3 is 5.97 Å². The van der Waals surface area contributed by atoms with Gasteiger partial charge in [0.2, 0.25) is 0 Å². The molecular formula is C18H18N2O4S. The first-order valence-corrected chi connectivity index (χ1v) is 8.98. The lowest BCUT2D eigenvalue weighted by Crippen LogP contribution is -2.41. The van der Waals surface area contributed by atoms with Gasteiger partial charge in [-0.2, -0.15) is 0 Å². The molecule has 2 aliphatic heterocycles. The number of ether oxygens (including phenoxy) is 2. The van der Waals surface area contributed by atoms with E-state index in [2.05, 4.69) is 4.98 Å². The molecule has 130 valence electrons. The fourth-order valence-corrected chi connectivity index (χ4v) is 4.43. The number of hydrogen-bond donors (Lipinski definition) is 0. The number of likely N-dealkylation sites (tertiary alicyclic amines) is 1. The second-order valence-corrected chi connectivity index (χ2v) is 7.31. The topological polar surface area (TPSA) is 68.7 Å². The van der Waals surface area contributed by atoms with Crippen LogP contribution in [0.5, 0.6) is 0 Å². The standard InChI is InChI=1S/C18H18N2O4S/c1-23-17(22)18-10-20(7-13(18)8-24-11-18)16(21)14-9-25-15(19-14)12-5-3-2-4-6-12/h2-6,9,13H,7-8,10-11H2,1H3/t13-,18-/m0/s1. The minimum Gasteiger partial charge on any atom is -0.468 e. The fraction of sp³-hybridized carbons (Fsp3) is 0.389. The minimum absolute atomic E-state index is 0.0175. The molecule has 2 atom stereocenters. The average Bonchev–Trinajstić information content (AvgIpc) is 3.35. The number of hydrogen-bond acceptors (Lipinski definition) is 6. The third-order valence-corrected chi connectivity index (χ3v) is 5.89. The summed E-state index contributed by atoms with van der Waals surface area (Å²) in [6.45, 7) is 1.60. The number of esters is 1. The third kappa shape index (κ3) is 2.63. The van der Waals surface area contributed by atoms with Gasteiger partial charge in [-0.25, -0.2) is 4.98 Å². The lowest BCUT2D eigenvalue weighted by Gasteiger charge is -2.23. The zero-order chi connectivity index (χ0) is 17.4. The van der Waals surface area contributed by atoms with Crippen LogP contribution in [-0.2, 0) is 14.3 Å². The number of aromatic nitrogens is 1. The van der Waals surface area contributed by atoms with Crippen molar-refractivity contribution in [2.45, 2.75) is 0 Å². The Labute approximate surface area is 149 Å². The first-order chi connectivity index (χ1) is 12.1. The quantitative estimate of drug-likeness (QED) is 0.786. The molecule has 0 spiro atoms. The first kappa shape index (κ1) is 16.2. The van der Waals surface area contributed by atoms with Crippen molar-refractivity contribution >= 4 is 23.2 Å². The molecular weight excluding hydrogens is 340 g/mol. The van der Waals surface area contributed by atoms with Gasteiger partial charge in [0.05, 0.1) is 20.3 Å². The summed E-state index contributed by atoms with van der Waals surface area (Å²) >= 11 is 1.45. The number of methoxy groups -OCH3 is 1. The van der Waals surface area contributed by atoms with E-state index in [1.54, 1.807) is 10.3 Å². The molecule has 7 heteroatoms. The Bertz CT molecular complexity index is 806. The van der Waals surface area contributed by atoms with Gasteiger partial charge in [0.1, 0.15) is 16.1 Å². The predicted molar refractivity (Wildman–Crippen MR) is 92.2 cm³/mol. The van der Waals surface area contributed by atoms with Crippen molar-refractivity contribution in [2.24, 2.45) is 11.3 Å². The summed E-state index contributed by atoms with van der Waals surface area (Å²) in [4.78, 5) is 31.3. The number of rotatable bonds is 3. The average molecular weight is 358 g/mol. The third-order valence-electron chi connectivity index (χ3n) is 5.00. The molecule has 0 unspecified atom stereocenters. The number of carbonyl (C=O) groups excluding carboxylic acids is 2. The Morgan fingerprint density at radius 1 is 1.36 bits per heavy atom. The first-order valence-electron chi connectivity index (χ1n) is 8.10. The van der Waals surface area contributed by atoms with E-state index in [1.807, 2.05) is 30.3 Å². The largest absolute Gasteiger partial charge is 0.468 e. The van der Waals surface area contributed by atoms with E-state index in [-0.39, 0.29) is 17.8 Å². The highest BCUT2D eigenvalue weighted by atomic mass is 32.1. The Kier molecular flexibility index (Phi) is 4.05. The van der Waals surface area contributed by atoms with Crippen molar-refractivity contribution in [3.8, 4) is 10.6 Å². The van der Waals surface area contributed by atoms with E-state index in [4.69, 9.17) is 9.47 Å². The maximum absolute atomic E-state index is 12.9. The molecule has 6 nitrogen and oxygen atoms in total. The molecule has 2 aliphatic rings. The SMILES string of the molecule is COC(=O)[C@@]12COC[C@@H]1CN(C(=O)c1csc(-c3ccccc3)n1)C2. The smallest absolute Gasteiger partial charge is 0.316 e. The number of thiazole rings is 1. The number of amides is 1. The van der Waals surface area contributed by atoms with E-state index >= 15 is 0 Å². The van der Waals surface area contributed by atoms with Crippen LogP contribution in [0.25, 0.3) is 10.6 Å². The van der Waals surface area contributed by atoms with Gasteiger partial charge in [-0.15, -0.1) is 11.3 Å². The molecule has 4 rings (SSSR count). The van der Waals surface area contributed by atoms with Gasteiger partial charge in [-0.3, -0.25) is 9.59 Å². The van der Waals surface area contributed by atoms with Crippen LogP contribution in [0.1, 0.15) is 10.5 Å². The molecule has 1 aromatic heterocycles. The van der Waals surface area contributed by atoms with E-state index in [9.17, 15) is 9.59 Å². The van der Waals surface area contributed by atoms with Gasteiger partial charge in [-0.05, 0) is 0 Å². The minimum atomic E-state index is -0.733. The Balaban J connectivity index is 1.55. The summed E-state index contributed by atoms with van der Waals surface area (Å²) in [6, 6.07) is 9.77. The van der Waals surface area contributed by atoms with Gasteiger partial charge in [0, 0.05) is 30.0 Å².